The third-order valence-electron chi connectivity index (χ3n) is 2.38. The summed E-state index contributed by atoms with van der Waals surface area (Å²) < 4.78 is 1.56. The van der Waals surface area contributed by atoms with Crippen molar-refractivity contribution in [1.29, 1.82) is 0 Å². The standard InChI is InChI=1S/C10H13N5O/c1-7-8(2)13-14-10(7)12-9(16)6-15-5-3-4-11-15/h3-5H,6H2,1-2H3,(H2,12,13,14,16). The smallest absolute Gasteiger partial charge is 0.247 e. The molecular weight excluding hydrogens is 206 g/mol. The van der Waals surface area contributed by atoms with Crippen LogP contribution in [0, 0.1) is 13.8 Å². The summed E-state index contributed by atoms with van der Waals surface area (Å²) in [7, 11) is 0. The van der Waals surface area contributed by atoms with Gasteiger partial charge in [-0.1, -0.05) is 0 Å². The van der Waals surface area contributed by atoms with Crippen LogP contribution in [-0.4, -0.2) is 25.9 Å². The third-order valence-corrected chi connectivity index (χ3v) is 2.38. The molecule has 0 saturated heterocycles. The second-order valence-corrected chi connectivity index (χ2v) is 3.57. The first kappa shape index (κ1) is 10.4. The van der Waals surface area contributed by atoms with Gasteiger partial charge in [-0.25, -0.2) is 0 Å². The van der Waals surface area contributed by atoms with Crippen molar-refractivity contribution < 1.29 is 4.79 Å². The lowest BCUT2D eigenvalue weighted by molar-refractivity contribution is -0.116. The van der Waals surface area contributed by atoms with Crippen LogP contribution in [0.1, 0.15) is 11.3 Å². The van der Waals surface area contributed by atoms with Crippen LogP contribution in [0.5, 0.6) is 0 Å². The van der Waals surface area contributed by atoms with Crippen molar-refractivity contribution in [3.8, 4) is 0 Å². The van der Waals surface area contributed by atoms with Gasteiger partial charge in [-0.3, -0.25) is 14.6 Å². The molecule has 0 aromatic carbocycles. The second-order valence-electron chi connectivity index (χ2n) is 3.57. The molecule has 0 unspecified atom stereocenters. The number of aromatic nitrogens is 4. The summed E-state index contributed by atoms with van der Waals surface area (Å²) in [5, 5.41) is 13.5. The normalized spacial score (nSPS) is 10.4. The van der Waals surface area contributed by atoms with Crippen molar-refractivity contribution in [2.24, 2.45) is 0 Å². The highest BCUT2D eigenvalue weighted by Gasteiger charge is 2.09. The Morgan fingerprint density at radius 1 is 1.56 bits per heavy atom. The lowest BCUT2D eigenvalue weighted by atomic mass is 10.3. The van der Waals surface area contributed by atoms with Gasteiger partial charge in [0.05, 0.1) is 0 Å². The lowest BCUT2D eigenvalue weighted by Crippen LogP contribution is -2.19. The van der Waals surface area contributed by atoms with Gasteiger partial charge < -0.3 is 5.32 Å². The molecule has 2 aromatic rings. The van der Waals surface area contributed by atoms with Crippen molar-refractivity contribution in [1.82, 2.24) is 20.0 Å². The minimum atomic E-state index is -0.140. The Morgan fingerprint density at radius 3 is 2.94 bits per heavy atom. The molecule has 0 atom stereocenters. The monoisotopic (exact) mass is 219 g/mol. The number of hydrogen-bond donors (Lipinski definition) is 2. The SMILES string of the molecule is Cc1[nH]nc(NC(=O)Cn2cccn2)c1C. The number of rotatable bonds is 3. The summed E-state index contributed by atoms with van der Waals surface area (Å²) in [4.78, 5) is 11.6. The molecule has 0 spiro atoms. The summed E-state index contributed by atoms with van der Waals surface area (Å²) in [6.45, 7) is 4.01. The summed E-state index contributed by atoms with van der Waals surface area (Å²) in [6, 6.07) is 1.78. The first-order valence-electron chi connectivity index (χ1n) is 4.95. The molecule has 84 valence electrons. The maximum absolute atomic E-state index is 11.6. The van der Waals surface area contributed by atoms with Crippen LogP contribution in [0.25, 0.3) is 0 Å². The molecule has 0 aliphatic heterocycles. The second kappa shape index (κ2) is 4.18. The number of aryl methyl sites for hydroxylation is 1. The van der Waals surface area contributed by atoms with Crippen LogP contribution in [0.4, 0.5) is 5.82 Å². The number of anilines is 1. The van der Waals surface area contributed by atoms with Gasteiger partial charge in [0.1, 0.15) is 6.54 Å². The number of nitrogens with one attached hydrogen (secondary N) is 2. The largest absolute Gasteiger partial charge is 0.307 e. The zero-order valence-corrected chi connectivity index (χ0v) is 9.19. The van der Waals surface area contributed by atoms with Crippen LogP contribution in [0.15, 0.2) is 18.5 Å². The van der Waals surface area contributed by atoms with Crippen molar-refractivity contribution in [2.75, 3.05) is 5.32 Å². The number of amides is 1. The van der Waals surface area contributed by atoms with E-state index < -0.39 is 0 Å². The average molecular weight is 219 g/mol. The van der Waals surface area contributed by atoms with E-state index in [0.29, 0.717) is 5.82 Å². The number of carbonyl (C=O) groups excluding carboxylic acids is 1. The van der Waals surface area contributed by atoms with Gasteiger partial charge in [0.2, 0.25) is 5.91 Å². The highest BCUT2D eigenvalue weighted by molar-refractivity contribution is 5.90. The van der Waals surface area contributed by atoms with Gasteiger partial charge in [0.25, 0.3) is 0 Å². The first-order valence-corrected chi connectivity index (χ1v) is 4.95. The van der Waals surface area contributed by atoms with Crippen molar-refractivity contribution in [3.63, 3.8) is 0 Å². The summed E-state index contributed by atoms with van der Waals surface area (Å²) in [5.74, 6) is 0.438. The molecule has 0 bridgehead atoms. The number of carbonyl (C=O) groups is 1. The molecule has 0 fully saturated rings. The fourth-order valence-corrected chi connectivity index (χ4v) is 1.32. The van der Waals surface area contributed by atoms with E-state index in [1.54, 1.807) is 23.1 Å². The zero-order valence-electron chi connectivity index (χ0n) is 9.19. The van der Waals surface area contributed by atoms with Crippen molar-refractivity contribution in [3.05, 3.63) is 29.7 Å². The predicted octanol–water partition coefficient (Wildman–Crippen LogP) is 0.862. The van der Waals surface area contributed by atoms with E-state index >= 15 is 0 Å². The van der Waals surface area contributed by atoms with Gasteiger partial charge in [-0.15, -0.1) is 0 Å². The zero-order chi connectivity index (χ0) is 11.5. The van der Waals surface area contributed by atoms with Crippen molar-refractivity contribution >= 4 is 11.7 Å². The van der Waals surface area contributed by atoms with E-state index in [2.05, 4.69) is 20.6 Å². The summed E-state index contributed by atoms with van der Waals surface area (Å²) >= 11 is 0. The molecule has 16 heavy (non-hydrogen) atoms. The Morgan fingerprint density at radius 2 is 2.38 bits per heavy atom. The molecule has 1 amide bonds. The Bertz CT molecular complexity index is 485. The molecule has 6 heteroatoms. The van der Waals surface area contributed by atoms with E-state index in [0.717, 1.165) is 11.3 Å². The summed E-state index contributed by atoms with van der Waals surface area (Å²) in [6.07, 6.45) is 3.37. The maximum Gasteiger partial charge on any atom is 0.247 e. The van der Waals surface area contributed by atoms with Crippen LogP contribution in [0.3, 0.4) is 0 Å². The fourth-order valence-electron chi connectivity index (χ4n) is 1.32. The number of aromatic amines is 1. The van der Waals surface area contributed by atoms with Crippen LogP contribution < -0.4 is 5.32 Å². The first-order chi connectivity index (χ1) is 7.66. The summed E-state index contributed by atoms with van der Waals surface area (Å²) in [5.41, 5.74) is 1.91. The van der Waals surface area contributed by atoms with Crippen molar-refractivity contribution in [2.45, 2.75) is 20.4 Å². The Kier molecular flexibility index (Phi) is 2.72. The minimum Gasteiger partial charge on any atom is -0.307 e. The predicted molar refractivity (Wildman–Crippen MR) is 58.9 cm³/mol. The third kappa shape index (κ3) is 2.10. The quantitative estimate of drug-likeness (QED) is 0.804. The van der Waals surface area contributed by atoms with Gasteiger partial charge in [0.15, 0.2) is 5.82 Å². The molecule has 0 aliphatic carbocycles. The lowest BCUT2D eigenvalue weighted by Gasteiger charge is -2.03. The van der Waals surface area contributed by atoms with Gasteiger partial charge >= 0.3 is 0 Å². The molecule has 0 saturated carbocycles. The van der Waals surface area contributed by atoms with Gasteiger partial charge in [-0.2, -0.15) is 10.2 Å². The molecule has 2 N–H and O–H groups in total. The Labute approximate surface area is 92.7 Å². The van der Waals surface area contributed by atoms with E-state index in [9.17, 15) is 4.79 Å². The highest BCUT2D eigenvalue weighted by atomic mass is 16.2. The Hall–Kier alpha value is -2.11. The van der Waals surface area contributed by atoms with E-state index in [4.69, 9.17) is 0 Å². The molecule has 0 radical (unpaired) electrons. The van der Waals surface area contributed by atoms with Crippen LogP contribution >= 0.6 is 0 Å². The number of H-pyrrole nitrogens is 1. The fraction of sp³-hybridized carbons (Fsp3) is 0.300. The Balaban J connectivity index is 2.00. The highest BCUT2D eigenvalue weighted by Crippen LogP contribution is 2.13. The average Bonchev–Trinajstić information content (AvgIpc) is 2.83. The van der Waals surface area contributed by atoms with Gasteiger partial charge in [-0.05, 0) is 19.9 Å². The van der Waals surface area contributed by atoms with E-state index in [1.807, 2.05) is 13.8 Å². The topological polar surface area (TPSA) is 75.6 Å². The van der Waals surface area contributed by atoms with E-state index in [-0.39, 0.29) is 12.5 Å². The minimum absolute atomic E-state index is 0.140. The number of hydrogen-bond acceptors (Lipinski definition) is 3. The number of nitrogens with zero attached hydrogens (tertiary/aromatic N) is 3. The maximum atomic E-state index is 11.6. The van der Waals surface area contributed by atoms with Gasteiger partial charge in [0, 0.05) is 23.7 Å². The molecule has 2 heterocycles. The molecule has 0 aliphatic rings. The molecule has 6 nitrogen and oxygen atoms in total. The molecule has 2 aromatic heterocycles. The van der Waals surface area contributed by atoms with E-state index in [1.165, 1.54) is 0 Å². The van der Waals surface area contributed by atoms with Crippen LogP contribution in [-0.2, 0) is 11.3 Å². The molecule has 2 rings (SSSR count). The molecular formula is C10H13N5O. The van der Waals surface area contributed by atoms with Crippen LogP contribution in [0.2, 0.25) is 0 Å².